The Morgan fingerprint density at radius 2 is 1.87 bits per heavy atom. The molecule has 38 heavy (non-hydrogen) atoms. The van der Waals surface area contributed by atoms with Gasteiger partial charge in [-0.2, -0.15) is 10.2 Å². The van der Waals surface area contributed by atoms with Gasteiger partial charge < -0.3 is 24.0 Å². The van der Waals surface area contributed by atoms with Crippen LogP contribution in [0, 0.1) is 6.92 Å². The minimum atomic E-state index is -0.500. The highest BCUT2D eigenvalue weighted by Crippen LogP contribution is 2.35. The smallest absolute Gasteiger partial charge is 0.410 e. The maximum atomic E-state index is 12.4. The van der Waals surface area contributed by atoms with Crippen LogP contribution in [0.4, 0.5) is 4.79 Å². The lowest BCUT2D eigenvalue weighted by Gasteiger charge is -2.51. The first-order valence-corrected chi connectivity index (χ1v) is 13.4. The van der Waals surface area contributed by atoms with E-state index in [0.717, 1.165) is 54.8 Å². The number of aromatic nitrogens is 4. The number of carbonyl (C=O) groups excluding carboxylic acids is 1. The third-order valence-electron chi connectivity index (χ3n) is 7.57. The van der Waals surface area contributed by atoms with E-state index in [1.807, 2.05) is 39.2 Å². The van der Waals surface area contributed by atoms with E-state index < -0.39 is 5.60 Å². The molecule has 2 saturated heterocycles. The molecule has 2 aliphatic rings. The molecule has 5 heterocycles. The monoisotopic (exact) mass is 544 g/mol. The van der Waals surface area contributed by atoms with Crippen molar-refractivity contribution in [1.29, 1.82) is 0 Å². The van der Waals surface area contributed by atoms with E-state index in [4.69, 9.17) is 30.9 Å². The first kappa shape index (κ1) is 26.8. The highest BCUT2D eigenvalue weighted by molar-refractivity contribution is 6.34. The van der Waals surface area contributed by atoms with Gasteiger partial charge in [-0.3, -0.25) is 4.68 Å². The molecule has 10 nitrogen and oxygen atoms in total. The number of rotatable bonds is 6. The Bertz CT molecular complexity index is 1320. The number of hydrogen-bond acceptors (Lipinski definition) is 7. The molecule has 0 unspecified atom stereocenters. The van der Waals surface area contributed by atoms with Crippen LogP contribution in [-0.2, 0) is 9.47 Å². The van der Waals surface area contributed by atoms with Gasteiger partial charge in [-0.15, -0.1) is 0 Å². The van der Waals surface area contributed by atoms with Crippen LogP contribution in [0.5, 0.6) is 5.75 Å². The van der Waals surface area contributed by atoms with Gasteiger partial charge in [0, 0.05) is 49.8 Å². The second kappa shape index (κ2) is 10.1. The molecule has 3 aromatic rings. The lowest BCUT2D eigenvalue weighted by Crippen LogP contribution is -2.69. The van der Waals surface area contributed by atoms with E-state index in [1.54, 1.807) is 29.8 Å². The fourth-order valence-corrected chi connectivity index (χ4v) is 5.78. The standard InChI is InChI=1S/C27H37ClN6O4/c1-18-21(19-11-23(36-5)24-22(28)13-29-33(24)14-19)12-30-34(18)20-7-9-31(10-8-20)15-27(37-6)16-32(17-27)25(35)38-26(2,3)4/h11-14,20H,7-10,15-17H2,1-6H3. The van der Waals surface area contributed by atoms with Crippen LogP contribution in [0.2, 0.25) is 5.02 Å². The van der Waals surface area contributed by atoms with E-state index >= 15 is 0 Å². The fraction of sp³-hybridized carbons (Fsp3) is 0.593. The average molecular weight is 545 g/mol. The molecule has 206 valence electrons. The molecular weight excluding hydrogens is 508 g/mol. The van der Waals surface area contributed by atoms with Crippen LogP contribution in [0.3, 0.4) is 0 Å². The number of likely N-dealkylation sites (tertiary alicyclic amines) is 2. The number of pyridine rings is 1. The molecule has 0 atom stereocenters. The van der Waals surface area contributed by atoms with Gasteiger partial charge in [0.2, 0.25) is 0 Å². The molecule has 5 rings (SSSR count). The molecule has 0 aromatic carbocycles. The third kappa shape index (κ3) is 5.09. The summed E-state index contributed by atoms with van der Waals surface area (Å²) in [5.74, 6) is 0.679. The van der Waals surface area contributed by atoms with Gasteiger partial charge in [0.1, 0.15) is 22.5 Å². The molecule has 2 aliphatic heterocycles. The Morgan fingerprint density at radius 3 is 2.50 bits per heavy atom. The molecule has 11 heteroatoms. The number of piperidine rings is 1. The minimum absolute atomic E-state index is 0.277. The number of hydrogen-bond donors (Lipinski definition) is 0. The summed E-state index contributed by atoms with van der Waals surface area (Å²) in [4.78, 5) is 16.5. The lowest BCUT2D eigenvalue weighted by molar-refractivity contribution is -0.135. The summed E-state index contributed by atoms with van der Waals surface area (Å²) in [5.41, 5.74) is 3.06. The number of fused-ring (bicyclic) bond motifs is 1. The van der Waals surface area contributed by atoms with E-state index in [0.29, 0.717) is 29.9 Å². The van der Waals surface area contributed by atoms with Crippen molar-refractivity contribution >= 4 is 23.2 Å². The second-order valence-electron chi connectivity index (χ2n) is 11.4. The maximum absolute atomic E-state index is 12.4. The number of amides is 1. The number of carbonyl (C=O) groups is 1. The summed E-state index contributed by atoms with van der Waals surface area (Å²) in [6.07, 6.45) is 7.22. The second-order valence-corrected chi connectivity index (χ2v) is 11.8. The van der Waals surface area contributed by atoms with Gasteiger partial charge >= 0.3 is 6.09 Å². The highest BCUT2D eigenvalue weighted by Gasteiger charge is 2.48. The van der Waals surface area contributed by atoms with Crippen LogP contribution in [0.15, 0.2) is 24.7 Å². The van der Waals surface area contributed by atoms with Crippen molar-refractivity contribution in [3.05, 3.63) is 35.4 Å². The Morgan fingerprint density at radius 1 is 1.16 bits per heavy atom. The summed E-state index contributed by atoms with van der Waals surface area (Å²) >= 11 is 6.30. The Hall–Kier alpha value is -2.82. The number of ether oxygens (including phenoxy) is 3. The maximum Gasteiger partial charge on any atom is 0.410 e. The molecule has 2 fully saturated rings. The van der Waals surface area contributed by atoms with Gasteiger partial charge in [-0.1, -0.05) is 11.6 Å². The number of halogens is 1. The van der Waals surface area contributed by atoms with Gasteiger partial charge in [0.15, 0.2) is 0 Å². The lowest BCUT2D eigenvalue weighted by atomic mass is 9.92. The van der Waals surface area contributed by atoms with Gasteiger partial charge in [0.25, 0.3) is 0 Å². The topological polar surface area (TPSA) is 86.4 Å². The summed E-state index contributed by atoms with van der Waals surface area (Å²) in [5, 5.41) is 9.69. The third-order valence-corrected chi connectivity index (χ3v) is 7.84. The normalized spacial score (nSPS) is 18.6. The van der Waals surface area contributed by atoms with E-state index in [2.05, 4.69) is 21.6 Å². The molecule has 3 aromatic heterocycles. The molecule has 0 bridgehead atoms. The first-order valence-electron chi connectivity index (χ1n) is 13.0. The number of nitrogens with zero attached hydrogens (tertiary/aromatic N) is 6. The summed E-state index contributed by atoms with van der Waals surface area (Å²) in [6, 6.07) is 2.31. The summed E-state index contributed by atoms with van der Waals surface area (Å²) < 4.78 is 20.9. The fourth-order valence-electron chi connectivity index (χ4n) is 5.55. The van der Waals surface area contributed by atoms with Crippen LogP contribution < -0.4 is 4.74 Å². The van der Waals surface area contributed by atoms with Crippen molar-refractivity contribution in [3.8, 4) is 16.9 Å². The molecular formula is C27H37ClN6O4. The minimum Gasteiger partial charge on any atom is -0.494 e. The van der Waals surface area contributed by atoms with E-state index in [1.165, 1.54) is 0 Å². The van der Waals surface area contributed by atoms with Crippen molar-refractivity contribution in [2.45, 2.75) is 57.8 Å². The van der Waals surface area contributed by atoms with Gasteiger partial charge in [0.05, 0.1) is 43.7 Å². The zero-order valence-corrected chi connectivity index (χ0v) is 23.8. The van der Waals surface area contributed by atoms with Crippen LogP contribution in [-0.4, -0.2) is 93.4 Å². The van der Waals surface area contributed by atoms with Crippen molar-refractivity contribution in [2.24, 2.45) is 0 Å². The van der Waals surface area contributed by atoms with Crippen LogP contribution in [0.1, 0.15) is 45.3 Å². The predicted molar refractivity (Wildman–Crippen MR) is 145 cm³/mol. The van der Waals surface area contributed by atoms with Crippen LogP contribution >= 0.6 is 11.6 Å². The van der Waals surface area contributed by atoms with Crippen molar-refractivity contribution in [3.63, 3.8) is 0 Å². The molecule has 0 N–H and O–H groups in total. The molecule has 1 amide bonds. The Balaban J connectivity index is 1.22. The van der Waals surface area contributed by atoms with Gasteiger partial charge in [-0.25, -0.2) is 9.31 Å². The predicted octanol–water partition coefficient (Wildman–Crippen LogP) is 4.44. The largest absolute Gasteiger partial charge is 0.494 e. The molecule has 0 radical (unpaired) electrons. The van der Waals surface area contributed by atoms with Crippen molar-refractivity contribution in [2.75, 3.05) is 46.9 Å². The van der Waals surface area contributed by atoms with Gasteiger partial charge in [-0.05, 0) is 46.6 Å². The van der Waals surface area contributed by atoms with Crippen molar-refractivity contribution in [1.82, 2.24) is 29.2 Å². The zero-order chi connectivity index (χ0) is 27.2. The summed E-state index contributed by atoms with van der Waals surface area (Å²) in [6.45, 7) is 11.6. The van der Waals surface area contributed by atoms with Crippen molar-refractivity contribution < 1.29 is 19.0 Å². The average Bonchev–Trinajstić information content (AvgIpc) is 3.42. The number of methoxy groups -OCH3 is 2. The summed E-state index contributed by atoms with van der Waals surface area (Å²) in [7, 11) is 3.37. The quantitative estimate of drug-likeness (QED) is 0.453. The highest BCUT2D eigenvalue weighted by atomic mass is 35.5. The SMILES string of the molecule is COc1cc(-c2cnn(C3CCN(CC4(OC)CN(C(=O)OC(C)(C)C)C4)CC3)c2C)cn2ncc(Cl)c12. The Kier molecular flexibility index (Phi) is 7.08. The molecule has 0 saturated carbocycles. The molecule has 0 aliphatic carbocycles. The van der Waals surface area contributed by atoms with Crippen LogP contribution in [0.25, 0.3) is 16.6 Å². The molecule has 0 spiro atoms. The Labute approximate surface area is 228 Å². The first-order chi connectivity index (χ1) is 18.0. The zero-order valence-electron chi connectivity index (χ0n) is 23.0. The van der Waals surface area contributed by atoms with E-state index in [-0.39, 0.29) is 11.7 Å². The van der Waals surface area contributed by atoms with E-state index in [9.17, 15) is 4.79 Å².